The van der Waals surface area contributed by atoms with Gasteiger partial charge < -0.3 is 10.4 Å². The van der Waals surface area contributed by atoms with Crippen LogP contribution in [-0.2, 0) is 0 Å². The van der Waals surface area contributed by atoms with E-state index in [1.807, 2.05) is 0 Å². The summed E-state index contributed by atoms with van der Waals surface area (Å²) in [5, 5.41) is 12.9. The van der Waals surface area contributed by atoms with E-state index in [0.717, 1.165) is 12.8 Å². The Kier molecular flexibility index (Phi) is 9.12. The smallest absolute Gasteiger partial charge is 0.0584 e. The maximum absolute atomic E-state index is 9.28. The fourth-order valence-electron chi connectivity index (χ4n) is 1.95. The van der Waals surface area contributed by atoms with Crippen molar-refractivity contribution in [2.24, 2.45) is 5.92 Å². The molecule has 92 valence electrons. The topological polar surface area (TPSA) is 32.3 Å². The molecular weight excluding hydrogens is 186 g/mol. The molecule has 0 amide bonds. The second-order valence-electron chi connectivity index (χ2n) is 4.92. The molecule has 2 atom stereocenters. The minimum Gasteiger partial charge on any atom is -0.395 e. The molecule has 0 aliphatic rings. The van der Waals surface area contributed by atoms with Crippen molar-refractivity contribution in [3.8, 4) is 0 Å². The fraction of sp³-hybridized carbons (Fsp3) is 1.00. The summed E-state index contributed by atoms with van der Waals surface area (Å²) in [6.45, 7) is 9.12. The Labute approximate surface area is 95.5 Å². The summed E-state index contributed by atoms with van der Waals surface area (Å²) in [6.07, 6.45) is 6.01. The third kappa shape index (κ3) is 7.80. The van der Waals surface area contributed by atoms with Crippen LogP contribution in [0.15, 0.2) is 0 Å². The van der Waals surface area contributed by atoms with Gasteiger partial charge in [-0.2, -0.15) is 0 Å². The fourth-order valence-corrected chi connectivity index (χ4v) is 1.95. The van der Waals surface area contributed by atoms with Gasteiger partial charge in [0.05, 0.1) is 6.61 Å². The first kappa shape index (κ1) is 14.9. The Morgan fingerprint density at radius 2 is 1.80 bits per heavy atom. The van der Waals surface area contributed by atoms with Gasteiger partial charge >= 0.3 is 0 Å². The summed E-state index contributed by atoms with van der Waals surface area (Å²) in [7, 11) is 0. The Balaban J connectivity index is 3.88. The molecule has 2 nitrogen and oxygen atoms in total. The largest absolute Gasteiger partial charge is 0.395 e. The molecule has 0 fully saturated rings. The predicted octanol–water partition coefficient (Wildman–Crippen LogP) is 2.95. The maximum atomic E-state index is 9.28. The Morgan fingerprint density at radius 1 is 1.13 bits per heavy atom. The number of nitrogens with one attached hydrogen (secondary N) is 1. The molecule has 2 heteroatoms. The van der Waals surface area contributed by atoms with Crippen LogP contribution in [-0.4, -0.2) is 23.8 Å². The van der Waals surface area contributed by atoms with E-state index in [4.69, 9.17) is 0 Å². The van der Waals surface area contributed by atoms with Crippen LogP contribution in [0.3, 0.4) is 0 Å². The standard InChI is InChI=1S/C13H29NO/c1-5-7-8-12(6-2)14-13(10-15)9-11(3)4/h11-15H,5-10H2,1-4H3. The van der Waals surface area contributed by atoms with Gasteiger partial charge in [-0.1, -0.05) is 40.5 Å². The quantitative estimate of drug-likeness (QED) is 0.620. The van der Waals surface area contributed by atoms with Crippen LogP contribution in [0.25, 0.3) is 0 Å². The molecule has 2 unspecified atom stereocenters. The molecule has 15 heavy (non-hydrogen) atoms. The van der Waals surface area contributed by atoms with Gasteiger partial charge in [-0.3, -0.25) is 0 Å². The second-order valence-corrected chi connectivity index (χ2v) is 4.92. The van der Waals surface area contributed by atoms with Crippen molar-refractivity contribution in [3.63, 3.8) is 0 Å². The van der Waals surface area contributed by atoms with E-state index in [1.165, 1.54) is 19.3 Å². The number of unbranched alkanes of at least 4 members (excludes halogenated alkanes) is 1. The van der Waals surface area contributed by atoms with Crippen molar-refractivity contribution < 1.29 is 5.11 Å². The molecule has 0 radical (unpaired) electrons. The molecular formula is C13H29NO. The van der Waals surface area contributed by atoms with Crippen molar-refractivity contribution in [1.29, 1.82) is 0 Å². The average Bonchev–Trinajstić information content (AvgIpc) is 2.21. The molecule has 0 saturated heterocycles. The van der Waals surface area contributed by atoms with Gasteiger partial charge in [-0.05, 0) is 25.2 Å². The zero-order valence-corrected chi connectivity index (χ0v) is 10.9. The third-order valence-electron chi connectivity index (χ3n) is 2.85. The van der Waals surface area contributed by atoms with Crippen LogP contribution >= 0.6 is 0 Å². The molecule has 0 aliphatic carbocycles. The van der Waals surface area contributed by atoms with Crippen molar-refractivity contribution in [1.82, 2.24) is 5.32 Å². The number of hydrogen-bond donors (Lipinski definition) is 2. The zero-order chi connectivity index (χ0) is 11.7. The van der Waals surface area contributed by atoms with Gasteiger partial charge in [0.2, 0.25) is 0 Å². The van der Waals surface area contributed by atoms with Crippen LogP contribution in [0.5, 0.6) is 0 Å². The van der Waals surface area contributed by atoms with E-state index < -0.39 is 0 Å². The Hall–Kier alpha value is -0.0800. The summed E-state index contributed by atoms with van der Waals surface area (Å²) in [5.41, 5.74) is 0. The van der Waals surface area contributed by atoms with Gasteiger partial charge in [0.1, 0.15) is 0 Å². The van der Waals surface area contributed by atoms with Gasteiger partial charge in [0, 0.05) is 12.1 Å². The van der Waals surface area contributed by atoms with Gasteiger partial charge in [0.25, 0.3) is 0 Å². The Bertz CT molecular complexity index is 136. The predicted molar refractivity (Wildman–Crippen MR) is 67.1 cm³/mol. The SMILES string of the molecule is CCCCC(CC)NC(CO)CC(C)C. The van der Waals surface area contributed by atoms with Gasteiger partial charge in [0.15, 0.2) is 0 Å². The molecule has 2 N–H and O–H groups in total. The highest BCUT2D eigenvalue weighted by atomic mass is 16.3. The first-order valence-corrected chi connectivity index (χ1v) is 6.50. The van der Waals surface area contributed by atoms with E-state index in [0.29, 0.717) is 12.0 Å². The summed E-state index contributed by atoms with van der Waals surface area (Å²) in [5.74, 6) is 0.651. The number of aliphatic hydroxyl groups excluding tert-OH is 1. The summed E-state index contributed by atoms with van der Waals surface area (Å²) < 4.78 is 0. The summed E-state index contributed by atoms with van der Waals surface area (Å²) >= 11 is 0. The molecule has 0 rings (SSSR count). The summed E-state index contributed by atoms with van der Waals surface area (Å²) in [4.78, 5) is 0. The van der Waals surface area contributed by atoms with E-state index in [-0.39, 0.29) is 12.6 Å². The highest BCUT2D eigenvalue weighted by Gasteiger charge is 2.14. The first-order chi connectivity index (χ1) is 7.13. The normalized spacial score (nSPS) is 15.6. The number of hydrogen-bond acceptors (Lipinski definition) is 2. The average molecular weight is 215 g/mol. The van der Waals surface area contributed by atoms with Crippen LogP contribution < -0.4 is 5.32 Å². The number of rotatable bonds is 9. The lowest BCUT2D eigenvalue weighted by atomic mass is 10.0. The van der Waals surface area contributed by atoms with Crippen LogP contribution in [0.4, 0.5) is 0 Å². The monoisotopic (exact) mass is 215 g/mol. The van der Waals surface area contributed by atoms with Crippen molar-refractivity contribution >= 4 is 0 Å². The van der Waals surface area contributed by atoms with Crippen molar-refractivity contribution in [2.75, 3.05) is 6.61 Å². The second kappa shape index (κ2) is 9.17. The molecule has 0 spiro atoms. The highest BCUT2D eigenvalue weighted by Crippen LogP contribution is 2.09. The van der Waals surface area contributed by atoms with E-state index in [9.17, 15) is 5.11 Å². The molecule has 0 saturated carbocycles. The number of aliphatic hydroxyl groups is 1. The van der Waals surface area contributed by atoms with Crippen LogP contribution in [0, 0.1) is 5.92 Å². The lowest BCUT2D eigenvalue weighted by Crippen LogP contribution is -2.41. The molecule has 0 aromatic carbocycles. The van der Waals surface area contributed by atoms with E-state index in [2.05, 4.69) is 33.0 Å². The van der Waals surface area contributed by atoms with E-state index >= 15 is 0 Å². The minimum absolute atomic E-state index is 0.265. The van der Waals surface area contributed by atoms with Gasteiger partial charge in [-0.25, -0.2) is 0 Å². The molecule has 0 heterocycles. The van der Waals surface area contributed by atoms with E-state index in [1.54, 1.807) is 0 Å². The molecule has 0 aromatic rings. The third-order valence-corrected chi connectivity index (χ3v) is 2.85. The zero-order valence-electron chi connectivity index (χ0n) is 10.9. The maximum Gasteiger partial charge on any atom is 0.0584 e. The van der Waals surface area contributed by atoms with Crippen LogP contribution in [0.2, 0.25) is 0 Å². The highest BCUT2D eigenvalue weighted by molar-refractivity contribution is 4.74. The lowest BCUT2D eigenvalue weighted by molar-refractivity contribution is 0.208. The molecule has 0 bridgehead atoms. The molecule has 0 aliphatic heterocycles. The Morgan fingerprint density at radius 3 is 2.20 bits per heavy atom. The van der Waals surface area contributed by atoms with Gasteiger partial charge in [-0.15, -0.1) is 0 Å². The lowest BCUT2D eigenvalue weighted by Gasteiger charge is -2.25. The minimum atomic E-state index is 0.265. The summed E-state index contributed by atoms with van der Waals surface area (Å²) in [6, 6.07) is 0.868. The van der Waals surface area contributed by atoms with Crippen LogP contribution in [0.1, 0.15) is 59.8 Å². The van der Waals surface area contributed by atoms with Crippen molar-refractivity contribution in [2.45, 2.75) is 71.9 Å². The molecule has 0 aromatic heterocycles. The van der Waals surface area contributed by atoms with Crippen molar-refractivity contribution in [3.05, 3.63) is 0 Å². The first-order valence-electron chi connectivity index (χ1n) is 6.50.